The van der Waals surface area contributed by atoms with Crippen LogP contribution in [0.3, 0.4) is 0 Å². The van der Waals surface area contributed by atoms with Crippen molar-refractivity contribution < 1.29 is 14.2 Å². The van der Waals surface area contributed by atoms with Crippen LogP contribution in [0.2, 0.25) is 0 Å². The summed E-state index contributed by atoms with van der Waals surface area (Å²) in [5, 5.41) is 0.790. The van der Waals surface area contributed by atoms with Gasteiger partial charge in [-0.05, 0) is 47.9 Å². The van der Waals surface area contributed by atoms with Crippen LogP contribution in [-0.2, 0) is 6.54 Å². The average Bonchev–Trinajstić information content (AvgIpc) is 2.88. The lowest BCUT2D eigenvalue weighted by Gasteiger charge is -2.16. The van der Waals surface area contributed by atoms with Gasteiger partial charge >= 0.3 is 5.69 Å². The van der Waals surface area contributed by atoms with Crippen molar-refractivity contribution >= 4 is 10.9 Å². The fourth-order valence-electron chi connectivity index (χ4n) is 4.05. The highest BCUT2D eigenvalue weighted by Gasteiger charge is 2.16. The first-order valence-electron chi connectivity index (χ1n) is 11.4. The van der Waals surface area contributed by atoms with E-state index in [0.717, 1.165) is 22.0 Å². The molecule has 0 bridgehead atoms. The van der Waals surface area contributed by atoms with E-state index >= 15 is 0 Å². The number of benzene rings is 3. The summed E-state index contributed by atoms with van der Waals surface area (Å²) < 4.78 is 18.2. The molecule has 3 aromatic carbocycles. The van der Waals surface area contributed by atoms with Gasteiger partial charge in [0.15, 0.2) is 0 Å². The lowest BCUT2D eigenvalue weighted by atomic mass is 9.99. The Morgan fingerprint density at radius 3 is 2.37 bits per heavy atom. The van der Waals surface area contributed by atoms with Crippen molar-refractivity contribution in [3.05, 3.63) is 82.3 Å². The van der Waals surface area contributed by atoms with Gasteiger partial charge in [0.05, 0.1) is 32.0 Å². The fraction of sp³-hybridized carbons (Fsp3) is 0.241. The Kier molecular flexibility index (Phi) is 7.07. The van der Waals surface area contributed by atoms with Crippen LogP contribution in [0.25, 0.3) is 22.2 Å². The van der Waals surface area contributed by atoms with Gasteiger partial charge in [0, 0.05) is 16.5 Å². The van der Waals surface area contributed by atoms with E-state index in [1.807, 2.05) is 48.5 Å². The fourth-order valence-corrected chi connectivity index (χ4v) is 4.05. The van der Waals surface area contributed by atoms with Gasteiger partial charge in [-0.2, -0.15) is 4.98 Å². The number of hydrogen-bond donors (Lipinski definition) is 0. The molecule has 4 rings (SSSR count). The van der Waals surface area contributed by atoms with Crippen molar-refractivity contribution in [1.82, 2.24) is 9.55 Å². The van der Waals surface area contributed by atoms with Crippen molar-refractivity contribution in [2.45, 2.75) is 26.3 Å². The van der Waals surface area contributed by atoms with Gasteiger partial charge < -0.3 is 14.2 Å². The third-order valence-corrected chi connectivity index (χ3v) is 5.94. The number of aromatic nitrogens is 2. The Morgan fingerprint density at radius 1 is 0.971 bits per heavy atom. The second-order valence-corrected chi connectivity index (χ2v) is 8.46. The van der Waals surface area contributed by atoms with Gasteiger partial charge in [0.25, 0.3) is 0 Å². The Hall–Kier alpha value is -4.24. The van der Waals surface area contributed by atoms with Gasteiger partial charge in [-0.25, -0.2) is 4.79 Å². The minimum Gasteiger partial charge on any atom is -0.497 e. The Morgan fingerprint density at radius 2 is 1.71 bits per heavy atom. The molecule has 0 unspecified atom stereocenters. The minimum atomic E-state index is -0.359. The number of hydrogen-bond acceptors (Lipinski definition) is 5. The van der Waals surface area contributed by atoms with Crippen LogP contribution in [0.15, 0.2) is 65.5 Å². The molecule has 0 saturated heterocycles. The van der Waals surface area contributed by atoms with Gasteiger partial charge in [-0.3, -0.25) is 4.57 Å². The third kappa shape index (κ3) is 4.99. The molecule has 0 aliphatic carbocycles. The molecule has 0 spiro atoms. The molecule has 0 N–H and O–H groups in total. The summed E-state index contributed by atoms with van der Waals surface area (Å²) in [4.78, 5) is 17.8. The van der Waals surface area contributed by atoms with Crippen molar-refractivity contribution in [1.29, 1.82) is 0 Å². The summed E-state index contributed by atoms with van der Waals surface area (Å²) in [7, 11) is 3.20. The molecule has 35 heavy (non-hydrogen) atoms. The van der Waals surface area contributed by atoms with Crippen molar-refractivity contribution in [2.75, 3.05) is 20.8 Å². The van der Waals surface area contributed by atoms with Gasteiger partial charge in [0.2, 0.25) is 0 Å². The van der Waals surface area contributed by atoms with E-state index in [4.69, 9.17) is 20.6 Å². The molecular formula is C29H28N2O4. The first kappa shape index (κ1) is 23.9. The molecule has 1 heterocycles. The van der Waals surface area contributed by atoms with Crippen molar-refractivity contribution in [3.63, 3.8) is 0 Å². The summed E-state index contributed by atoms with van der Waals surface area (Å²) in [5.41, 5.74) is 3.85. The van der Waals surface area contributed by atoms with Gasteiger partial charge in [-0.1, -0.05) is 44.0 Å². The Balaban J connectivity index is 1.90. The van der Waals surface area contributed by atoms with E-state index in [-0.39, 0.29) is 18.8 Å². The molecule has 0 radical (unpaired) electrons. The molecule has 6 nitrogen and oxygen atoms in total. The van der Waals surface area contributed by atoms with Crippen LogP contribution in [0.4, 0.5) is 0 Å². The number of ether oxygens (including phenoxy) is 3. The number of nitrogens with zero attached hydrogens (tertiary/aromatic N) is 2. The lowest BCUT2D eigenvalue weighted by molar-refractivity contribution is 0.371. The quantitative estimate of drug-likeness (QED) is 0.330. The van der Waals surface area contributed by atoms with Crippen LogP contribution in [-0.4, -0.2) is 30.4 Å². The maximum atomic E-state index is 13.3. The SMILES string of the molecule is C#CCOc1ccc2c(c1)c(-c1ccc(C(C)C)cc1)nc(=O)n2Cc1cc(OC)ccc1OC. The molecule has 0 fully saturated rings. The predicted octanol–water partition coefficient (Wildman–Crippen LogP) is 5.26. The first-order chi connectivity index (χ1) is 16.9. The lowest BCUT2D eigenvalue weighted by Crippen LogP contribution is -2.25. The second-order valence-electron chi connectivity index (χ2n) is 8.46. The predicted molar refractivity (Wildman–Crippen MR) is 139 cm³/mol. The Labute approximate surface area is 205 Å². The topological polar surface area (TPSA) is 62.6 Å². The molecule has 6 heteroatoms. The van der Waals surface area contributed by atoms with E-state index in [2.05, 4.69) is 36.9 Å². The largest absolute Gasteiger partial charge is 0.497 e. The van der Waals surface area contributed by atoms with E-state index in [1.165, 1.54) is 5.56 Å². The van der Waals surface area contributed by atoms with Crippen LogP contribution in [0, 0.1) is 12.3 Å². The highest BCUT2D eigenvalue weighted by molar-refractivity contribution is 5.93. The second kappa shape index (κ2) is 10.4. The zero-order chi connectivity index (χ0) is 24.9. The van der Waals surface area contributed by atoms with E-state index in [0.29, 0.717) is 28.9 Å². The standard InChI is InChI=1S/C29H28N2O4/c1-6-15-35-24-11-13-26-25(17-24)28(21-9-7-20(8-10-21)19(2)3)30-29(32)31(26)18-22-16-23(33-4)12-14-27(22)34-5/h1,7-14,16-17,19H,15,18H2,2-5H3. The van der Waals surface area contributed by atoms with E-state index in [9.17, 15) is 4.79 Å². The molecule has 0 atom stereocenters. The normalized spacial score (nSPS) is 10.9. The zero-order valence-electron chi connectivity index (χ0n) is 20.4. The van der Waals surface area contributed by atoms with Crippen LogP contribution >= 0.6 is 0 Å². The van der Waals surface area contributed by atoms with Crippen molar-refractivity contribution in [2.24, 2.45) is 0 Å². The van der Waals surface area contributed by atoms with E-state index < -0.39 is 0 Å². The maximum absolute atomic E-state index is 13.3. The average molecular weight is 469 g/mol. The molecule has 4 aromatic rings. The van der Waals surface area contributed by atoms with Crippen molar-refractivity contribution in [3.8, 4) is 40.8 Å². The van der Waals surface area contributed by atoms with Crippen LogP contribution in [0.5, 0.6) is 17.2 Å². The van der Waals surface area contributed by atoms with E-state index in [1.54, 1.807) is 18.8 Å². The van der Waals surface area contributed by atoms with Crippen LogP contribution < -0.4 is 19.9 Å². The molecule has 0 aliphatic rings. The highest BCUT2D eigenvalue weighted by atomic mass is 16.5. The van der Waals surface area contributed by atoms with Crippen LogP contribution in [0.1, 0.15) is 30.9 Å². The number of methoxy groups -OCH3 is 2. The molecule has 0 amide bonds. The minimum absolute atomic E-state index is 0.151. The number of rotatable bonds is 8. The maximum Gasteiger partial charge on any atom is 0.348 e. The number of fused-ring (bicyclic) bond motifs is 1. The summed E-state index contributed by atoms with van der Waals surface area (Å²) >= 11 is 0. The zero-order valence-corrected chi connectivity index (χ0v) is 20.4. The molecule has 178 valence electrons. The third-order valence-electron chi connectivity index (χ3n) is 5.94. The molecule has 0 saturated carbocycles. The monoisotopic (exact) mass is 468 g/mol. The molecular weight excluding hydrogens is 440 g/mol. The smallest absolute Gasteiger partial charge is 0.348 e. The Bertz CT molecular complexity index is 1450. The summed E-state index contributed by atoms with van der Waals surface area (Å²) in [6.07, 6.45) is 5.37. The van der Waals surface area contributed by atoms with Gasteiger partial charge in [0.1, 0.15) is 23.9 Å². The molecule has 1 aromatic heterocycles. The summed E-state index contributed by atoms with van der Waals surface area (Å²) in [6.45, 7) is 4.70. The van der Waals surface area contributed by atoms with Gasteiger partial charge in [-0.15, -0.1) is 6.42 Å². The molecule has 0 aliphatic heterocycles. The summed E-state index contributed by atoms with van der Waals surface area (Å²) in [5.74, 6) is 4.84. The first-order valence-corrected chi connectivity index (χ1v) is 11.4. The summed E-state index contributed by atoms with van der Waals surface area (Å²) in [6, 6.07) is 19.2. The number of terminal acetylenes is 1. The highest BCUT2D eigenvalue weighted by Crippen LogP contribution is 2.31.